The van der Waals surface area contributed by atoms with E-state index in [1.54, 1.807) is 31.4 Å². The Hall–Kier alpha value is -3.03. The van der Waals surface area contributed by atoms with Gasteiger partial charge in [-0.05, 0) is 43.2 Å². The number of ether oxygens (including phenoxy) is 1. The lowest BCUT2D eigenvalue weighted by atomic mass is 9.96. The largest absolute Gasteiger partial charge is 0.497 e. The molecule has 0 radical (unpaired) electrons. The molecule has 31 heavy (non-hydrogen) atoms. The molecule has 1 aliphatic rings. The van der Waals surface area contributed by atoms with Crippen LogP contribution < -0.4 is 10.1 Å². The van der Waals surface area contributed by atoms with Crippen LogP contribution in [-0.4, -0.2) is 33.7 Å². The topological polar surface area (TPSA) is 68.5 Å². The number of halogens is 2. The van der Waals surface area contributed by atoms with Crippen LogP contribution in [0.5, 0.6) is 5.75 Å². The second kappa shape index (κ2) is 9.41. The second-order valence-electron chi connectivity index (χ2n) is 7.90. The van der Waals surface area contributed by atoms with Crippen LogP contribution in [0.25, 0.3) is 16.9 Å². The van der Waals surface area contributed by atoms with Gasteiger partial charge in [0, 0.05) is 11.6 Å². The predicted molar refractivity (Wildman–Crippen MR) is 114 cm³/mol. The Balaban J connectivity index is 1.68. The Morgan fingerprint density at radius 1 is 1.13 bits per heavy atom. The van der Waals surface area contributed by atoms with E-state index in [0.29, 0.717) is 17.0 Å². The van der Waals surface area contributed by atoms with Gasteiger partial charge in [-0.1, -0.05) is 32.1 Å². The van der Waals surface area contributed by atoms with E-state index in [4.69, 9.17) is 4.74 Å². The van der Waals surface area contributed by atoms with Gasteiger partial charge in [0.2, 0.25) is 0 Å². The molecule has 4 rings (SSSR count). The van der Waals surface area contributed by atoms with Crippen molar-refractivity contribution in [1.29, 1.82) is 0 Å². The van der Waals surface area contributed by atoms with Gasteiger partial charge in [-0.2, -0.15) is 5.10 Å². The molecule has 1 fully saturated rings. The maximum Gasteiger partial charge on any atom is 0.280 e. The van der Waals surface area contributed by atoms with Crippen molar-refractivity contribution in [3.63, 3.8) is 0 Å². The Morgan fingerprint density at radius 2 is 1.81 bits per heavy atom. The van der Waals surface area contributed by atoms with Crippen molar-refractivity contribution in [2.24, 2.45) is 0 Å². The zero-order chi connectivity index (χ0) is 21.8. The molecule has 1 aromatic carbocycles. The molecule has 2 heterocycles. The highest BCUT2D eigenvalue weighted by Crippen LogP contribution is 2.28. The third-order valence-electron chi connectivity index (χ3n) is 5.79. The second-order valence-corrected chi connectivity index (χ2v) is 7.90. The van der Waals surface area contributed by atoms with Crippen LogP contribution in [0.2, 0.25) is 0 Å². The van der Waals surface area contributed by atoms with Gasteiger partial charge < -0.3 is 10.1 Å². The molecular formula is C23H26F2N4O2. The fourth-order valence-electron chi connectivity index (χ4n) is 4.08. The predicted octanol–water partition coefficient (Wildman–Crippen LogP) is 5.19. The lowest BCUT2D eigenvalue weighted by Gasteiger charge is -2.20. The highest BCUT2D eigenvalue weighted by molar-refractivity contribution is 6.00. The molecule has 1 saturated carbocycles. The highest BCUT2D eigenvalue weighted by atomic mass is 19.3. The number of nitrogens with zero attached hydrogens (tertiary/aromatic N) is 3. The molecule has 0 unspecified atom stereocenters. The molecule has 164 valence electrons. The van der Waals surface area contributed by atoms with E-state index in [9.17, 15) is 13.6 Å². The Morgan fingerprint density at radius 3 is 2.45 bits per heavy atom. The first-order valence-corrected chi connectivity index (χ1v) is 10.7. The summed E-state index contributed by atoms with van der Waals surface area (Å²) < 4.78 is 33.8. The lowest BCUT2D eigenvalue weighted by molar-refractivity contribution is 0.0931. The summed E-state index contributed by atoms with van der Waals surface area (Å²) in [4.78, 5) is 17.5. The molecule has 1 N–H and O–H groups in total. The first kappa shape index (κ1) is 21.2. The number of amides is 1. The highest BCUT2D eigenvalue weighted by Gasteiger charge is 2.23. The Labute approximate surface area is 179 Å². The van der Waals surface area contributed by atoms with Gasteiger partial charge in [-0.15, -0.1) is 0 Å². The molecule has 8 heteroatoms. The van der Waals surface area contributed by atoms with Crippen molar-refractivity contribution in [3.8, 4) is 17.0 Å². The number of hydrogen-bond donors (Lipinski definition) is 1. The molecule has 3 aromatic rings. The maximum absolute atomic E-state index is 13.8. The number of rotatable bonds is 5. The summed E-state index contributed by atoms with van der Waals surface area (Å²) in [5.74, 6) is 0.336. The van der Waals surface area contributed by atoms with Gasteiger partial charge in [0.1, 0.15) is 17.0 Å². The third-order valence-corrected chi connectivity index (χ3v) is 5.79. The molecule has 0 spiro atoms. The zero-order valence-electron chi connectivity index (χ0n) is 17.5. The van der Waals surface area contributed by atoms with E-state index < -0.39 is 6.43 Å². The minimum Gasteiger partial charge on any atom is -0.497 e. The number of alkyl halides is 2. The molecule has 0 bridgehead atoms. The van der Waals surface area contributed by atoms with Gasteiger partial charge in [0.15, 0.2) is 5.65 Å². The van der Waals surface area contributed by atoms with Crippen molar-refractivity contribution >= 4 is 11.6 Å². The quantitative estimate of drug-likeness (QED) is 0.608. The number of carbonyl (C=O) groups is 1. The summed E-state index contributed by atoms with van der Waals surface area (Å²) >= 11 is 0. The van der Waals surface area contributed by atoms with Crippen LogP contribution >= 0.6 is 0 Å². The minimum absolute atomic E-state index is 0.0853. The van der Waals surface area contributed by atoms with Crippen molar-refractivity contribution < 1.29 is 18.3 Å². The van der Waals surface area contributed by atoms with Crippen LogP contribution in [0, 0.1) is 0 Å². The molecule has 1 amide bonds. The number of methoxy groups -OCH3 is 1. The van der Waals surface area contributed by atoms with Gasteiger partial charge in [0.25, 0.3) is 12.3 Å². The maximum atomic E-state index is 13.8. The van der Waals surface area contributed by atoms with Gasteiger partial charge in [0.05, 0.1) is 19.0 Å². The summed E-state index contributed by atoms with van der Waals surface area (Å²) in [5, 5.41) is 7.11. The molecule has 6 nitrogen and oxygen atoms in total. The summed E-state index contributed by atoms with van der Waals surface area (Å²) in [7, 11) is 1.56. The van der Waals surface area contributed by atoms with E-state index in [1.165, 1.54) is 31.5 Å². The first-order valence-electron chi connectivity index (χ1n) is 10.7. The summed E-state index contributed by atoms with van der Waals surface area (Å²) in [5.41, 5.74) is 1.04. The van der Waals surface area contributed by atoms with Crippen LogP contribution in [0.15, 0.2) is 36.5 Å². The summed E-state index contributed by atoms with van der Waals surface area (Å²) in [6.45, 7) is 0. The molecule has 0 aliphatic heterocycles. The number of benzene rings is 1. The van der Waals surface area contributed by atoms with E-state index in [-0.39, 0.29) is 28.9 Å². The normalized spacial score (nSPS) is 15.6. The molecule has 1 aliphatic carbocycles. The minimum atomic E-state index is -2.76. The van der Waals surface area contributed by atoms with Gasteiger partial charge >= 0.3 is 0 Å². The van der Waals surface area contributed by atoms with E-state index in [0.717, 1.165) is 30.2 Å². The van der Waals surface area contributed by atoms with Gasteiger partial charge in [-0.25, -0.2) is 18.3 Å². The molecule has 0 saturated heterocycles. The van der Waals surface area contributed by atoms with E-state index >= 15 is 0 Å². The Kier molecular flexibility index (Phi) is 6.44. The fraction of sp³-hybridized carbons (Fsp3) is 0.435. The fourth-order valence-corrected chi connectivity index (χ4v) is 4.08. The molecule has 0 atom stereocenters. The van der Waals surface area contributed by atoms with Crippen molar-refractivity contribution in [3.05, 3.63) is 47.8 Å². The van der Waals surface area contributed by atoms with E-state index in [2.05, 4.69) is 15.4 Å². The molecular weight excluding hydrogens is 402 g/mol. The number of fused-ring (bicyclic) bond motifs is 1. The summed E-state index contributed by atoms with van der Waals surface area (Å²) in [6, 6.07) is 8.36. The van der Waals surface area contributed by atoms with Crippen LogP contribution in [-0.2, 0) is 0 Å². The number of carbonyl (C=O) groups excluding carboxylic acids is 1. The van der Waals surface area contributed by atoms with Gasteiger partial charge in [-0.3, -0.25) is 4.79 Å². The average Bonchev–Trinajstić information content (AvgIpc) is 3.19. The average molecular weight is 428 g/mol. The Bertz CT molecular complexity index is 1040. The number of nitrogens with one attached hydrogen (secondary N) is 1. The SMILES string of the molecule is COc1ccc(-c2cc(C(F)F)n3ncc(C(=O)NC4CCCCCCC4)c3n2)cc1. The monoisotopic (exact) mass is 428 g/mol. The smallest absolute Gasteiger partial charge is 0.280 e. The van der Waals surface area contributed by atoms with Crippen molar-refractivity contribution in [2.75, 3.05) is 7.11 Å². The van der Waals surface area contributed by atoms with Crippen LogP contribution in [0.3, 0.4) is 0 Å². The van der Waals surface area contributed by atoms with Crippen LogP contribution in [0.4, 0.5) is 8.78 Å². The summed E-state index contributed by atoms with van der Waals surface area (Å²) in [6.07, 6.45) is 6.16. The number of hydrogen-bond acceptors (Lipinski definition) is 4. The third kappa shape index (κ3) is 4.68. The van der Waals surface area contributed by atoms with Crippen LogP contribution in [0.1, 0.15) is 67.4 Å². The van der Waals surface area contributed by atoms with Crippen molar-refractivity contribution in [1.82, 2.24) is 19.9 Å². The first-order chi connectivity index (χ1) is 15.1. The van der Waals surface area contributed by atoms with Crippen molar-refractivity contribution in [2.45, 2.75) is 57.4 Å². The zero-order valence-corrected chi connectivity index (χ0v) is 17.5. The van der Waals surface area contributed by atoms with E-state index in [1.807, 2.05) is 0 Å². The lowest BCUT2D eigenvalue weighted by Crippen LogP contribution is -2.35. The standard InChI is InChI=1S/C23H26F2N4O2/c1-31-17-11-9-15(10-12-17)19-13-20(21(24)25)29-22(28-19)18(14-26-29)23(30)27-16-7-5-3-2-4-6-8-16/h9-14,16,21H,2-8H2,1H3,(H,27,30). The number of aromatic nitrogens is 3. The molecule has 2 aromatic heterocycles.